The quantitative estimate of drug-likeness (QED) is 0.497. The summed E-state index contributed by atoms with van der Waals surface area (Å²) in [6.07, 6.45) is 0. The summed E-state index contributed by atoms with van der Waals surface area (Å²) in [6.45, 7) is 3.99. The van der Waals surface area contributed by atoms with Gasteiger partial charge >= 0.3 is 5.97 Å². The molecule has 186 valence electrons. The molecule has 2 atom stereocenters. The number of nitrogens with zero attached hydrogens (tertiary/aromatic N) is 3. The van der Waals surface area contributed by atoms with Gasteiger partial charge in [0.1, 0.15) is 11.9 Å². The second kappa shape index (κ2) is 10.6. The number of methoxy groups -OCH3 is 2. The van der Waals surface area contributed by atoms with E-state index in [9.17, 15) is 14.0 Å². The molecule has 1 saturated heterocycles. The van der Waals surface area contributed by atoms with Crippen LogP contribution in [0.15, 0.2) is 47.5 Å². The third-order valence-electron chi connectivity index (χ3n) is 6.16. The maximum Gasteiger partial charge on any atom is 0.321 e. The van der Waals surface area contributed by atoms with Gasteiger partial charge in [-0.25, -0.2) is 9.38 Å². The van der Waals surface area contributed by atoms with Crippen LogP contribution in [0.4, 0.5) is 10.1 Å². The highest BCUT2D eigenvalue weighted by atomic mass is 19.1. The summed E-state index contributed by atoms with van der Waals surface area (Å²) in [5, 5.41) is 2.78. The van der Waals surface area contributed by atoms with E-state index in [1.54, 1.807) is 43.3 Å². The van der Waals surface area contributed by atoms with Crippen LogP contribution >= 0.6 is 0 Å². The number of guanidine groups is 1. The highest BCUT2D eigenvalue weighted by Crippen LogP contribution is 2.36. The number of esters is 1. The average Bonchev–Trinajstić information content (AvgIpc) is 2.88. The van der Waals surface area contributed by atoms with Gasteiger partial charge in [0.25, 0.3) is 0 Å². The molecule has 0 aliphatic carbocycles. The lowest BCUT2D eigenvalue weighted by molar-refractivity contribution is -0.153. The second-order valence-electron chi connectivity index (χ2n) is 8.16. The molecule has 35 heavy (non-hydrogen) atoms. The highest BCUT2D eigenvalue weighted by molar-refractivity contribution is 6.08. The SMILES string of the molecule is CCOC(=O)[C@@H]1C(=O)NC(N2CCN(c3ccccc3F)CC2)=N[C@@H]1c1ccc(OC)c(OC)c1. The number of amides is 1. The van der Waals surface area contributed by atoms with Crippen molar-refractivity contribution < 1.29 is 28.2 Å². The van der Waals surface area contributed by atoms with Crippen molar-refractivity contribution in [3.63, 3.8) is 0 Å². The Morgan fingerprint density at radius 3 is 2.40 bits per heavy atom. The van der Waals surface area contributed by atoms with E-state index in [1.165, 1.54) is 20.3 Å². The minimum absolute atomic E-state index is 0.149. The number of para-hydroxylation sites is 1. The number of carbonyl (C=O) groups is 2. The highest BCUT2D eigenvalue weighted by Gasteiger charge is 2.42. The van der Waals surface area contributed by atoms with Gasteiger partial charge in [0.15, 0.2) is 17.4 Å². The molecule has 0 aromatic heterocycles. The van der Waals surface area contributed by atoms with E-state index in [0.29, 0.717) is 54.9 Å². The van der Waals surface area contributed by atoms with Gasteiger partial charge in [0.2, 0.25) is 11.9 Å². The van der Waals surface area contributed by atoms with E-state index in [1.807, 2.05) is 9.80 Å². The second-order valence-corrected chi connectivity index (χ2v) is 8.16. The number of hydrogen-bond donors (Lipinski definition) is 1. The van der Waals surface area contributed by atoms with Crippen LogP contribution in [-0.2, 0) is 14.3 Å². The van der Waals surface area contributed by atoms with Crippen LogP contribution in [-0.4, -0.2) is 69.7 Å². The van der Waals surface area contributed by atoms with Crippen LogP contribution in [0.2, 0.25) is 0 Å². The summed E-state index contributed by atoms with van der Waals surface area (Å²) >= 11 is 0. The van der Waals surface area contributed by atoms with Crippen molar-refractivity contribution in [2.45, 2.75) is 13.0 Å². The van der Waals surface area contributed by atoms with Gasteiger partial charge in [-0.3, -0.25) is 14.9 Å². The summed E-state index contributed by atoms with van der Waals surface area (Å²) in [5.74, 6) is -1.16. The monoisotopic (exact) mass is 484 g/mol. The minimum Gasteiger partial charge on any atom is -0.493 e. The fourth-order valence-corrected chi connectivity index (χ4v) is 4.37. The molecule has 2 aromatic carbocycles. The zero-order valence-corrected chi connectivity index (χ0v) is 20.0. The Morgan fingerprint density at radius 1 is 1.06 bits per heavy atom. The Labute approximate surface area is 203 Å². The standard InChI is InChI=1S/C25H29FN4O5/c1-4-35-24(32)21-22(16-9-10-19(33-2)20(15-16)34-3)27-25(28-23(21)31)30-13-11-29(12-14-30)18-8-6-5-7-17(18)26/h5-10,15,21-22H,4,11-14H2,1-3H3,(H,27,28,31)/t21-,22+/m0/s1. The molecule has 0 saturated carbocycles. The molecule has 2 aliphatic rings. The van der Waals surface area contributed by atoms with Crippen molar-refractivity contribution in [2.75, 3.05) is 51.9 Å². The molecule has 1 fully saturated rings. The number of ether oxygens (including phenoxy) is 3. The molecule has 2 heterocycles. The normalized spacial score (nSPS) is 20.1. The number of anilines is 1. The van der Waals surface area contributed by atoms with E-state index in [2.05, 4.69) is 5.32 Å². The predicted molar refractivity (Wildman–Crippen MR) is 128 cm³/mol. The van der Waals surface area contributed by atoms with E-state index in [-0.39, 0.29) is 12.4 Å². The molecule has 9 nitrogen and oxygen atoms in total. The number of carbonyl (C=O) groups excluding carboxylic acids is 2. The Kier molecular flexibility index (Phi) is 7.38. The molecule has 0 spiro atoms. The lowest BCUT2D eigenvalue weighted by Gasteiger charge is -2.39. The van der Waals surface area contributed by atoms with Gasteiger partial charge in [-0.05, 0) is 36.8 Å². The van der Waals surface area contributed by atoms with Crippen molar-refractivity contribution in [3.05, 3.63) is 53.8 Å². The Bertz CT molecular complexity index is 1120. The molecule has 0 bridgehead atoms. The van der Waals surface area contributed by atoms with E-state index < -0.39 is 23.8 Å². The zero-order valence-electron chi connectivity index (χ0n) is 20.0. The van der Waals surface area contributed by atoms with Gasteiger partial charge in [0, 0.05) is 26.2 Å². The summed E-state index contributed by atoms with van der Waals surface area (Å²) in [4.78, 5) is 34.5. The van der Waals surface area contributed by atoms with Crippen molar-refractivity contribution in [1.82, 2.24) is 10.2 Å². The molecule has 1 amide bonds. The lowest BCUT2D eigenvalue weighted by atomic mass is 9.91. The summed E-state index contributed by atoms with van der Waals surface area (Å²) in [5.41, 5.74) is 1.17. The van der Waals surface area contributed by atoms with Gasteiger partial charge in [-0.15, -0.1) is 0 Å². The first-order chi connectivity index (χ1) is 17.0. The molecule has 0 radical (unpaired) electrons. The van der Waals surface area contributed by atoms with Gasteiger partial charge in [-0.1, -0.05) is 18.2 Å². The van der Waals surface area contributed by atoms with E-state index in [0.717, 1.165) is 0 Å². The topological polar surface area (TPSA) is 92.7 Å². The number of aliphatic imine (C=N–C) groups is 1. The van der Waals surface area contributed by atoms with Crippen molar-refractivity contribution in [3.8, 4) is 11.5 Å². The fraction of sp³-hybridized carbons (Fsp3) is 0.400. The Hall–Kier alpha value is -3.82. The largest absolute Gasteiger partial charge is 0.493 e. The maximum absolute atomic E-state index is 14.2. The molecule has 2 aliphatic heterocycles. The van der Waals surface area contributed by atoms with E-state index >= 15 is 0 Å². The maximum atomic E-state index is 14.2. The van der Waals surface area contributed by atoms with Gasteiger partial charge in [0.05, 0.1) is 26.5 Å². The van der Waals surface area contributed by atoms with Gasteiger partial charge in [-0.2, -0.15) is 0 Å². The Balaban J connectivity index is 1.61. The van der Waals surface area contributed by atoms with Crippen LogP contribution in [0.1, 0.15) is 18.5 Å². The molecule has 4 rings (SSSR count). The van der Waals surface area contributed by atoms with Crippen LogP contribution < -0.4 is 19.7 Å². The molecule has 1 N–H and O–H groups in total. The van der Waals surface area contributed by atoms with Crippen molar-refractivity contribution in [1.29, 1.82) is 0 Å². The minimum atomic E-state index is -1.14. The zero-order chi connectivity index (χ0) is 24.9. The van der Waals surface area contributed by atoms with E-state index in [4.69, 9.17) is 19.2 Å². The number of rotatable bonds is 6. The fourth-order valence-electron chi connectivity index (χ4n) is 4.37. The average molecular weight is 485 g/mol. The first kappa shape index (κ1) is 24.3. The first-order valence-corrected chi connectivity index (χ1v) is 11.5. The number of halogens is 1. The number of hydrogen-bond acceptors (Lipinski definition) is 8. The number of nitrogens with one attached hydrogen (secondary N) is 1. The third kappa shape index (κ3) is 5.01. The van der Waals surface area contributed by atoms with Crippen LogP contribution in [0.5, 0.6) is 11.5 Å². The Morgan fingerprint density at radius 2 is 1.74 bits per heavy atom. The van der Waals surface area contributed by atoms with Gasteiger partial charge < -0.3 is 24.0 Å². The van der Waals surface area contributed by atoms with Crippen molar-refractivity contribution >= 4 is 23.5 Å². The van der Waals surface area contributed by atoms with Crippen LogP contribution in [0.3, 0.4) is 0 Å². The third-order valence-corrected chi connectivity index (χ3v) is 6.16. The van der Waals surface area contributed by atoms with Crippen LogP contribution in [0, 0.1) is 11.7 Å². The summed E-state index contributed by atoms with van der Waals surface area (Å²) in [7, 11) is 3.05. The van der Waals surface area contributed by atoms with Crippen LogP contribution in [0.25, 0.3) is 0 Å². The molecular formula is C25H29FN4O5. The molecule has 10 heteroatoms. The number of piperazine rings is 1. The summed E-state index contributed by atoms with van der Waals surface area (Å²) in [6, 6.07) is 11.0. The first-order valence-electron chi connectivity index (χ1n) is 11.5. The molecule has 0 unspecified atom stereocenters. The number of benzene rings is 2. The lowest BCUT2D eigenvalue weighted by Crippen LogP contribution is -2.57. The summed E-state index contributed by atoms with van der Waals surface area (Å²) < 4.78 is 30.1. The predicted octanol–water partition coefficient (Wildman–Crippen LogP) is 2.37. The molecule has 2 aromatic rings. The molecular weight excluding hydrogens is 455 g/mol. The van der Waals surface area contributed by atoms with Crippen molar-refractivity contribution in [2.24, 2.45) is 10.9 Å². The smallest absolute Gasteiger partial charge is 0.321 e.